The van der Waals surface area contributed by atoms with E-state index in [9.17, 15) is 4.79 Å². The molecule has 2 fully saturated rings. The van der Waals surface area contributed by atoms with E-state index < -0.39 is 0 Å². The summed E-state index contributed by atoms with van der Waals surface area (Å²) in [5.74, 6) is 0.873. The smallest absolute Gasteiger partial charge is 0.315 e. The van der Waals surface area contributed by atoms with E-state index in [1.807, 2.05) is 19.1 Å². The van der Waals surface area contributed by atoms with Crippen LogP contribution in [0.1, 0.15) is 32.6 Å². The Hall–Kier alpha value is -1.95. The van der Waals surface area contributed by atoms with Crippen LogP contribution in [0.15, 0.2) is 24.3 Å². The van der Waals surface area contributed by atoms with Crippen LogP contribution in [-0.4, -0.2) is 51.0 Å². The number of methoxy groups -OCH3 is 1. The largest absolute Gasteiger partial charge is 0.497 e. The van der Waals surface area contributed by atoms with Crippen LogP contribution in [0, 0.1) is 0 Å². The molecule has 2 atom stereocenters. The Bertz CT molecular complexity index is 550. The van der Waals surface area contributed by atoms with Gasteiger partial charge in [0.2, 0.25) is 0 Å². The highest BCUT2D eigenvalue weighted by Crippen LogP contribution is 2.23. The van der Waals surface area contributed by atoms with Gasteiger partial charge in [-0.1, -0.05) is 0 Å². The number of nitrogens with zero attached hydrogens (tertiary/aromatic N) is 1. The molecule has 25 heavy (non-hydrogen) atoms. The number of hydrogen-bond acceptors (Lipinski definition) is 4. The topological polar surface area (TPSA) is 62.8 Å². The van der Waals surface area contributed by atoms with Crippen molar-refractivity contribution in [2.45, 2.75) is 50.8 Å². The van der Waals surface area contributed by atoms with Crippen molar-refractivity contribution < 1.29 is 14.3 Å². The maximum Gasteiger partial charge on any atom is 0.315 e. The zero-order valence-electron chi connectivity index (χ0n) is 15.2. The molecule has 0 aromatic heterocycles. The summed E-state index contributed by atoms with van der Waals surface area (Å²) in [6.45, 7) is 4.71. The number of carbonyl (C=O) groups excluding carboxylic acids is 1. The molecule has 6 nitrogen and oxygen atoms in total. The van der Waals surface area contributed by atoms with Gasteiger partial charge in [0.25, 0.3) is 0 Å². The predicted octanol–water partition coefficient (Wildman–Crippen LogP) is 2.53. The summed E-state index contributed by atoms with van der Waals surface area (Å²) in [7, 11) is 1.68. The van der Waals surface area contributed by atoms with Gasteiger partial charge in [0, 0.05) is 31.4 Å². The van der Waals surface area contributed by atoms with Crippen molar-refractivity contribution in [1.29, 1.82) is 0 Å². The molecule has 138 valence electrons. The van der Waals surface area contributed by atoms with Gasteiger partial charge < -0.3 is 25.0 Å². The fourth-order valence-corrected chi connectivity index (χ4v) is 3.60. The first-order valence-electron chi connectivity index (χ1n) is 9.23. The number of benzene rings is 1. The molecule has 0 bridgehead atoms. The Kier molecular flexibility index (Phi) is 6.02. The number of ether oxygens (including phenoxy) is 2. The van der Waals surface area contributed by atoms with Gasteiger partial charge in [0.05, 0.1) is 19.3 Å². The summed E-state index contributed by atoms with van der Waals surface area (Å²) >= 11 is 0. The van der Waals surface area contributed by atoms with Crippen molar-refractivity contribution in [3.8, 4) is 5.75 Å². The molecule has 6 heteroatoms. The van der Waals surface area contributed by atoms with E-state index in [4.69, 9.17) is 9.47 Å². The van der Waals surface area contributed by atoms with E-state index in [-0.39, 0.29) is 24.2 Å². The summed E-state index contributed by atoms with van der Waals surface area (Å²) in [5, 5.41) is 6.13. The number of urea groups is 1. The van der Waals surface area contributed by atoms with Gasteiger partial charge in [-0.25, -0.2) is 4.79 Å². The highest BCUT2D eigenvalue weighted by atomic mass is 16.5. The van der Waals surface area contributed by atoms with Crippen molar-refractivity contribution in [3.63, 3.8) is 0 Å². The molecule has 1 aromatic carbocycles. The third kappa shape index (κ3) is 4.78. The Morgan fingerprint density at radius 3 is 2.56 bits per heavy atom. The lowest BCUT2D eigenvalue weighted by Crippen LogP contribution is -2.51. The second-order valence-electron chi connectivity index (χ2n) is 6.92. The Labute approximate surface area is 149 Å². The lowest BCUT2D eigenvalue weighted by molar-refractivity contribution is 0.0858. The molecule has 0 saturated carbocycles. The van der Waals surface area contributed by atoms with Crippen LogP contribution in [-0.2, 0) is 4.74 Å². The van der Waals surface area contributed by atoms with E-state index in [0.717, 1.165) is 51.1 Å². The van der Waals surface area contributed by atoms with Crippen LogP contribution >= 0.6 is 0 Å². The van der Waals surface area contributed by atoms with Crippen LogP contribution in [0.5, 0.6) is 5.75 Å². The van der Waals surface area contributed by atoms with Crippen molar-refractivity contribution in [2.75, 3.05) is 31.7 Å². The number of anilines is 1. The zero-order chi connectivity index (χ0) is 17.6. The highest BCUT2D eigenvalue weighted by molar-refractivity contribution is 5.74. The summed E-state index contributed by atoms with van der Waals surface area (Å²) < 4.78 is 10.8. The molecule has 3 rings (SSSR count). The summed E-state index contributed by atoms with van der Waals surface area (Å²) in [5.41, 5.74) is 1.20. The number of piperidine rings is 1. The molecule has 0 radical (unpaired) electrons. The minimum absolute atomic E-state index is 0.0573. The maximum absolute atomic E-state index is 12.2. The molecule has 0 aliphatic carbocycles. The van der Waals surface area contributed by atoms with Gasteiger partial charge in [-0.3, -0.25) is 0 Å². The fourth-order valence-electron chi connectivity index (χ4n) is 3.60. The van der Waals surface area contributed by atoms with E-state index in [1.165, 1.54) is 5.69 Å². The van der Waals surface area contributed by atoms with Crippen LogP contribution in [0.2, 0.25) is 0 Å². The third-order valence-electron chi connectivity index (χ3n) is 5.15. The molecular weight excluding hydrogens is 318 g/mol. The minimum atomic E-state index is -0.0779. The lowest BCUT2D eigenvalue weighted by Gasteiger charge is -2.34. The monoisotopic (exact) mass is 347 g/mol. The Balaban J connectivity index is 1.41. The Morgan fingerprint density at radius 2 is 1.96 bits per heavy atom. The van der Waals surface area contributed by atoms with Gasteiger partial charge in [0.1, 0.15) is 5.75 Å². The van der Waals surface area contributed by atoms with Gasteiger partial charge in [-0.15, -0.1) is 0 Å². The Morgan fingerprint density at radius 1 is 1.24 bits per heavy atom. The van der Waals surface area contributed by atoms with Gasteiger partial charge in [-0.2, -0.15) is 0 Å². The number of amides is 2. The highest BCUT2D eigenvalue weighted by Gasteiger charge is 2.25. The normalized spacial score (nSPS) is 22.5. The van der Waals surface area contributed by atoms with Crippen LogP contribution in [0.3, 0.4) is 0 Å². The van der Waals surface area contributed by atoms with E-state index in [0.29, 0.717) is 0 Å². The molecule has 1 aromatic rings. The molecule has 0 spiro atoms. The van der Waals surface area contributed by atoms with Crippen molar-refractivity contribution in [2.24, 2.45) is 0 Å². The average molecular weight is 347 g/mol. The summed E-state index contributed by atoms with van der Waals surface area (Å²) in [4.78, 5) is 14.5. The summed E-state index contributed by atoms with van der Waals surface area (Å²) in [6.07, 6.45) is 4.17. The molecule has 2 heterocycles. The second kappa shape index (κ2) is 8.43. The predicted molar refractivity (Wildman–Crippen MR) is 98.3 cm³/mol. The van der Waals surface area contributed by atoms with Crippen LogP contribution in [0.4, 0.5) is 10.5 Å². The molecule has 2 amide bonds. The van der Waals surface area contributed by atoms with Gasteiger partial charge >= 0.3 is 6.03 Å². The number of hydrogen-bond donors (Lipinski definition) is 2. The van der Waals surface area contributed by atoms with Crippen LogP contribution in [0.25, 0.3) is 0 Å². The van der Waals surface area contributed by atoms with E-state index in [1.54, 1.807) is 7.11 Å². The quantitative estimate of drug-likeness (QED) is 0.859. The molecule has 2 aliphatic rings. The molecule has 2 saturated heterocycles. The van der Waals surface area contributed by atoms with E-state index >= 15 is 0 Å². The molecular formula is C19H29N3O3. The SMILES string of the molecule is COc1ccc(N2CCC(NC(=O)N[C@@H](C)[C@H]3CCCO3)CC2)cc1. The van der Waals surface area contributed by atoms with Gasteiger partial charge in [-0.05, 0) is 56.9 Å². The van der Waals surface area contributed by atoms with Crippen LogP contribution < -0.4 is 20.3 Å². The molecule has 2 aliphatic heterocycles. The van der Waals surface area contributed by atoms with Crippen molar-refractivity contribution in [3.05, 3.63) is 24.3 Å². The number of rotatable bonds is 5. The van der Waals surface area contributed by atoms with Crippen molar-refractivity contribution in [1.82, 2.24) is 10.6 Å². The maximum atomic E-state index is 12.2. The standard InChI is InChI=1S/C19H29N3O3/c1-14(18-4-3-13-25-18)20-19(23)21-15-9-11-22(12-10-15)16-5-7-17(24-2)8-6-16/h5-8,14-15,18H,3-4,9-13H2,1-2H3,(H2,20,21,23)/t14-,18+/m0/s1. The second-order valence-corrected chi connectivity index (χ2v) is 6.92. The fraction of sp³-hybridized carbons (Fsp3) is 0.632. The minimum Gasteiger partial charge on any atom is -0.497 e. The lowest BCUT2D eigenvalue weighted by atomic mass is 10.0. The molecule has 2 N–H and O–H groups in total. The number of carbonyl (C=O) groups is 1. The third-order valence-corrected chi connectivity index (χ3v) is 5.15. The summed E-state index contributed by atoms with van der Waals surface area (Å²) in [6, 6.07) is 8.35. The zero-order valence-corrected chi connectivity index (χ0v) is 15.2. The first-order chi connectivity index (χ1) is 12.2. The van der Waals surface area contributed by atoms with Crippen molar-refractivity contribution >= 4 is 11.7 Å². The first-order valence-corrected chi connectivity index (χ1v) is 9.23. The first kappa shape index (κ1) is 17.9. The average Bonchev–Trinajstić information content (AvgIpc) is 3.17. The number of nitrogens with one attached hydrogen (secondary N) is 2. The van der Waals surface area contributed by atoms with Gasteiger partial charge in [0.15, 0.2) is 0 Å². The molecule has 0 unspecified atom stereocenters. The van der Waals surface area contributed by atoms with E-state index in [2.05, 4.69) is 27.7 Å².